The maximum Gasteiger partial charge on any atom is 0.293 e. The average Bonchev–Trinajstić information content (AvgIpc) is 2.93. The Morgan fingerprint density at radius 3 is 2.41 bits per heavy atom. The third-order valence-electron chi connectivity index (χ3n) is 6.49. The number of rotatable bonds is 9. The molecule has 0 amide bonds. The normalized spacial score (nSPS) is 15.5. The van der Waals surface area contributed by atoms with Gasteiger partial charge < -0.3 is 20.1 Å². The van der Waals surface area contributed by atoms with Crippen LogP contribution < -0.4 is 10.9 Å². The maximum atomic E-state index is 13.0. The zero-order valence-corrected chi connectivity index (χ0v) is 21.0. The Morgan fingerprint density at radius 2 is 1.76 bits per heavy atom. The van der Waals surface area contributed by atoms with Crippen LogP contribution in [0.2, 0.25) is 0 Å². The number of hydrogen-bond acceptors (Lipinski definition) is 6. The average molecular weight is 505 g/mol. The van der Waals surface area contributed by atoms with Crippen molar-refractivity contribution < 1.29 is 14.2 Å². The van der Waals surface area contributed by atoms with Gasteiger partial charge in [0.15, 0.2) is 0 Å². The maximum absolute atomic E-state index is 13.0. The molecule has 3 N–H and O–H groups in total. The van der Waals surface area contributed by atoms with E-state index in [1.807, 2.05) is 36.4 Å². The van der Waals surface area contributed by atoms with Crippen LogP contribution in [0.1, 0.15) is 40.8 Å². The Hall–Kier alpha value is -3.51. The molecule has 1 aliphatic heterocycles. The number of nitrogens with zero attached hydrogens (tertiary/aromatic N) is 2. The van der Waals surface area contributed by atoms with Gasteiger partial charge >= 0.3 is 0 Å². The lowest BCUT2D eigenvalue weighted by molar-refractivity contribution is 0.0342. The van der Waals surface area contributed by atoms with Crippen LogP contribution in [0.4, 0.5) is 4.39 Å². The van der Waals surface area contributed by atoms with Crippen molar-refractivity contribution in [3.05, 3.63) is 93.2 Å². The molecule has 3 aromatic rings. The molecular formula is C29H33FN4O3. The molecule has 1 fully saturated rings. The van der Waals surface area contributed by atoms with Crippen LogP contribution >= 0.6 is 0 Å². The zero-order valence-electron chi connectivity index (χ0n) is 21.0. The molecule has 0 bridgehead atoms. The number of ether oxygens (including phenoxy) is 1. The molecule has 194 valence electrons. The highest BCUT2D eigenvalue weighted by Gasteiger charge is 2.18. The van der Waals surface area contributed by atoms with E-state index in [1.54, 1.807) is 6.92 Å². The summed E-state index contributed by atoms with van der Waals surface area (Å²) in [6, 6.07) is 15.9. The van der Waals surface area contributed by atoms with Gasteiger partial charge in [0.1, 0.15) is 6.67 Å². The first kappa shape index (κ1) is 26.6. The van der Waals surface area contributed by atoms with Crippen molar-refractivity contribution in [3.63, 3.8) is 0 Å². The molecule has 8 heteroatoms. The van der Waals surface area contributed by atoms with Gasteiger partial charge in [-0.3, -0.25) is 9.69 Å². The van der Waals surface area contributed by atoms with Crippen LogP contribution in [0, 0.1) is 11.8 Å². The number of alkyl halides is 1. The minimum Gasteiger partial charge on any atom is -0.502 e. The van der Waals surface area contributed by atoms with Crippen LogP contribution in [-0.4, -0.2) is 65.5 Å². The highest BCUT2D eigenvalue weighted by Crippen LogP contribution is 2.23. The molecule has 4 rings (SSSR count). The lowest BCUT2D eigenvalue weighted by atomic mass is 9.92. The third-order valence-corrected chi connectivity index (χ3v) is 6.49. The van der Waals surface area contributed by atoms with Gasteiger partial charge in [0.05, 0.1) is 25.2 Å². The second kappa shape index (κ2) is 13.2. The topological polar surface area (TPSA) is 90.5 Å². The van der Waals surface area contributed by atoms with E-state index in [0.717, 1.165) is 49.5 Å². The van der Waals surface area contributed by atoms with E-state index < -0.39 is 12.2 Å². The fourth-order valence-electron chi connectivity index (χ4n) is 4.21. The number of hydrogen-bond donors (Lipinski definition) is 3. The second-order valence-corrected chi connectivity index (χ2v) is 9.35. The number of halogens is 1. The summed E-state index contributed by atoms with van der Waals surface area (Å²) in [6.07, 6.45) is 1.61. The SMILES string of the molecule is C[C@@H](CF)NC[C@@H](Cc1nc[nH]c(=O)c1O)c1ccc(C#Cc2ccc(CN3CCOCC3)cc2)cc1. The van der Waals surface area contributed by atoms with E-state index in [9.17, 15) is 14.3 Å². The Kier molecular flexibility index (Phi) is 9.44. The summed E-state index contributed by atoms with van der Waals surface area (Å²) in [7, 11) is 0. The van der Waals surface area contributed by atoms with E-state index in [0.29, 0.717) is 18.7 Å². The summed E-state index contributed by atoms with van der Waals surface area (Å²) in [5.74, 6) is 5.94. The molecule has 0 radical (unpaired) electrons. The van der Waals surface area contributed by atoms with Crippen molar-refractivity contribution >= 4 is 0 Å². The van der Waals surface area contributed by atoms with Crippen molar-refractivity contribution in [2.75, 3.05) is 39.5 Å². The first-order valence-electron chi connectivity index (χ1n) is 12.6. The Balaban J connectivity index is 1.43. The largest absolute Gasteiger partial charge is 0.502 e. The summed E-state index contributed by atoms with van der Waals surface area (Å²) in [5, 5.41) is 13.3. The first-order valence-corrected chi connectivity index (χ1v) is 12.6. The number of morpholine rings is 1. The Morgan fingerprint density at radius 1 is 1.11 bits per heavy atom. The molecule has 1 aromatic heterocycles. The van der Waals surface area contributed by atoms with Crippen molar-refractivity contribution in [1.82, 2.24) is 20.2 Å². The quantitative estimate of drug-likeness (QED) is 0.388. The highest BCUT2D eigenvalue weighted by molar-refractivity contribution is 5.44. The highest BCUT2D eigenvalue weighted by atomic mass is 19.1. The summed E-state index contributed by atoms with van der Waals surface area (Å²) in [4.78, 5) is 20.7. The van der Waals surface area contributed by atoms with Crippen LogP contribution in [0.3, 0.4) is 0 Å². The van der Waals surface area contributed by atoms with E-state index in [4.69, 9.17) is 4.74 Å². The van der Waals surface area contributed by atoms with Crippen molar-refractivity contribution in [3.8, 4) is 17.6 Å². The van der Waals surface area contributed by atoms with E-state index in [1.165, 1.54) is 11.9 Å². The number of H-pyrrole nitrogens is 1. The fraction of sp³-hybridized carbons (Fsp3) is 0.379. The van der Waals surface area contributed by atoms with Crippen LogP contribution in [0.25, 0.3) is 0 Å². The Labute approximate surface area is 216 Å². The van der Waals surface area contributed by atoms with Gasteiger partial charge in [0.25, 0.3) is 5.56 Å². The monoisotopic (exact) mass is 504 g/mol. The van der Waals surface area contributed by atoms with Crippen molar-refractivity contribution in [2.45, 2.75) is 31.8 Å². The number of benzene rings is 2. The first-order chi connectivity index (χ1) is 18.0. The van der Waals surface area contributed by atoms with Crippen LogP contribution in [0.5, 0.6) is 5.75 Å². The minimum absolute atomic E-state index is 0.116. The summed E-state index contributed by atoms with van der Waals surface area (Å²) in [6.45, 7) is 6.20. The minimum atomic E-state index is -0.575. The number of aromatic amines is 1. The molecule has 0 aliphatic carbocycles. The molecule has 0 unspecified atom stereocenters. The second-order valence-electron chi connectivity index (χ2n) is 9.35. The molecule has 1 aliphatic rings. The lowest BCUT2D eigenvalue weighted by Gasteiger charge is -2.26. The predicted octanol–water partition coefficient (Wildman–Crippen LogP) is 2.98. The zero-order chi connectivity index (χ0) is 26.0. The van der Waals surface area contributed by atoms with Gasteiger partial charge in [-0.15, -0.1) is 0 Å². The Bertz CT molecular complexity index is 1260. The van der Waals surface area contributed by atoms with Crippen molar-refractivity contribution in [1.29, 1.82) is 0 Å². The van der Waals surface area contributed by atoms with E-state index in [-0.39, 0.29) is 17.7 Å². The molecule has 1 saturated heterocycles. The molecule has 2 atom stereocenters. The van der Waals surface area contributed by atoms with Crippen LogP contribution in [-0.2, 0) is 17.7 Å². The molecule has 7 nitrogen and oxygen atoms in total. The van der Waals surface area contributed by atoms with Gasteiger partial charge in [-0.05, 0) is 42.3 Å². The predicted molar refractivity (Wildman–Crippen MR) is 141 cm³/mol. The third kappa shape index (κ3) is 7.73. The van der Waals surface area contributed by atoms with Gasteiger partial charge in [-0.25, -0.2) is 9.37 Å². The number of aromatic hydroxyl groups is 1. The molecule has 37 heavy (non-hydrogen) atoms. The van der Waals surface area contributed by atoms with Crippen LogP contribution in [0.15, 0.2) is 59.7 Å². The summed E-state index contributed by atoms with van der Waals surface area (Å²) < 4.78 is 18.4. The smallest absolute Gasteiger partial charge is 0.293 e. The van der Waals surface area contributed by atoms with Gasteiger partial charge in [0, 0.05) is 55.7 Å². The molecule has 0 spiro atoms. The number of aromatic nitrogens is 2. The van der Waals surface area contributed by atoms with E-state index in [2.05, 4.69) is 44.2 Å². The number of nitrogens with one attached hydrogen (secondary N) is 2. The lowest BCUT2D eigenvalue weighted by Crippen LogP contribution is -2.35. The summed E-state index contributed by atoms with van der Waals surface area (Å²) in [5.41, 5.74) is 3.81. The fourth-order valence-corrected chi connectivity index (χ4v) is 4.21. The summed E-state index contributed by atoms with van der Waals surface area (Å²) >= 11 is 0. The van der Waals surface area contributed by atoms with E-state index >= 15 is 0 Å². The molecule has 2 aromatic carbocycles. The standard InChI is InChI=1S/C29H33FN4O3/c1-21(17-30)31-18-26(16-27-28(35)29(36)33-20-32-27)25-10-8-23(9-11-25)3-2-22-4-6-24(7-5-22)19-34-12-14-37-15-13-34/h4-11,20-21,26,31,35H,12-19H2,1H3,(H,32,33,36)/t21-,26+/m0/s1. The van der Waals surface area contributed by atoms with Gasteiger partial charge in [-0.2, -0.15) is 0 Å². The molecule has 0 saturated carbocycles. The molecule has 2 heterocycles. The van der Waals surface area contributed by atoms with Gasteiger partial charge in [-0.1, -0.05) is 36.1 Å². The van der Waals surface area contributed by atoms with Crippen molar-refractivity contribution in [2.24, 2.45) is 0 Å². The van der Waals surface area contributed by atoms with Gasteiger partial charge in [0.2, 0.25) is 5.75 Å². The molecular weight excluding hydrogens is 471 g/mol.